The van der Waals surface area contributed by atoms with Gasteiger partial charge in [0, 0.05) is 18.9 Å². The van der Waals surface area contributed by atoms with Crippen molar-refractivity contribution in [2.24, 2.45) is 5.73 Å². The molecule has 1 amide bonds. The number of ether oxygens (including phenoxy) is 2. The number of hydrogen-bond donors (Lipinski definition) is 2. The van der Waals surface area contributed by atoms with Crippen molar-refractivity contribution in [1.82, 2.24) is 0 Å². The first-order valence-electron chi connectivity index (χ1n) is 6.69. The summed E-state index contributed by atoms with van der Waals surface area (Å²) in [6, 6.07) is 6.21. The molecule has 3 N–H and O–H groups in total. The van der Waals surface area contributed by atoms with Crippen LogP contribution in [0.1, 0.15) is 12.8 Å². The minimum Gasteiger partial charge on any atom is -0.488 e. The number of benzene rings is 1. The molecule has 0 atom stereocenters. The highest BCUT2D eigenvalue weighted by molar-refractivity contribution is 5.98. The van der Waals surface area contributed by atoms with E-state index in [1.165, 1.54) is 12.1 Å². The fourth-order valence-corrected chi connectivity index (χ4v) is 2.01. The lowest BCUT2D eigenvalue weighted by Crippen LogP contribution is -2.54. The summed E-state index contributed by atoms with van der Waals surface area (Å²) in [6.45, 7) is 0.270. The SMILES string of the molecule is NC1(C(=O)Nc2ccc(OCC(F)F)cc2)CCOCC1. The number of alkyl halides is 2. The van der Waals surface area contributed by atoms with E-state index in [4.69, 9.17) is 15.2 Å². The van der Waals surface area contributed by atoms with Crippen molar-refractivity contribution in [3.63, 3.8) is 0 Å². The molecule has 5 nitrogen and oxygen atoms in total. The molecule has 0 bridgehead atoms. The summed E-state index contributed by atoms with van der Waals surface area (Å²) in [5.41, 5.74) is 5.68. The summed E-state index contributed by atoms with van der Waals surface area (Å²) in [7, 11) is 0. The molecule has 21 heavy (non-hydrogen) atoms. The maximum Gasteiger partial charge on any atom is 0.272 e. The van der Waals surface area contributed by atoms with Crippen molar-refractivity contribution in [3.05, 3.63) is 24.3 Å². The number of anilines is 1. The Labute approximate surface area is 121 Å². The summed E-state index contributed by atoms with van der Waals surface area (Å²) < 4.78 is 34.1. The van der Waals surface area contributed by atoms with Gasteiger partial charge >= 0.3 is 0 Å². The van der Waals surface area contributed by atoms with E-state index in [9.17, 15) is 13.6 Å². The summed E-state index contributed by atoms with van der Waals surface area (Å²) in [5, 5.41) is 2.72. The number of nitrogens with two attached hydrogens (primary N) is 1. The molecule has 0 radical (unpaired) electrons. The normalized spacial score (nSPS) is 17.5. The maximum absolute atomic E-state index is 12.2. The van der Waals surface area contributed by atoms with Crippen LogP contribution in [-0.4, -0.2) is 37.7 Å². The minimum absolute atomic E-state index is 0.271. The van der Waals surface area contributed by atoms with Crippen LogP contribution in [-0.2, 0) is 9.53 Å². The molecule has 2 rings (SSSR count). The van der Waals surface area contributed by atoms with E-state index >= 15 is 0 Å². The second-order valence-electron chi connectivity index (χ2n) is 4.95. The first kappa shape index (κ1) is 15.7. The van der Waals surface area contributed by atoms with E-state index in [2.05, 4.69) is 5.32 Å². The number of hydrogen-bond acceptors (Lipinski definition) is 4. The molecule has 1 saturated heterocycles. The Hall–Kier alpha value is -1.73. The maximum atomic E-state index is 12.2. The first-order chi connectivity index (χ1) is 9.99. The Bertz CT molecular complexity index is 474. The van der Waals surface area contributed by atoms with E-state index in [0.717, 1.165) is 0 Å². The zero-order valence-electron chi connectivity index (χ0n) is 11.5. The average Bonchev–Trinajstić information content (AvgIpc) is 2.47. The second kappa shape index (κ2) is 6.82. The van der Waals surface area contributed by atoms with Crippen LogP contribution in [0.5, 0.6) is 5.75 Å². The van der Waals surface area contributed by atoms with Crippen molar-refractivity contribution in [2.75, 3.05) is 25.1 Å². The number of carbonyl (C=O) groups excluding carboxylic acids is 1. The summed E-state index contributed by atoms with van der Waals surface area (Å²) >= 11 is 0. The monoisotopic (exact) mass is 300 g/mol. The van der Waals surface area contributed by atoms with E-state index in [-0.39, 0.29) is 5.91 Å². The Kier molecular flexibility index (Phi) is 5.08. The zero-order chi connectivity index (χ0) is 15.3. The quantitative estimate of drug-likeness (QED) is 0.869. The molecule has 0 aliphatic carbocycles. The van der Waals surface area contributed by atoms with Crippen LogP contribution in [0.15, 0.2) is 24.3 Å². The largest absolute Gasteiger partial charge is 0.488 e. The van der Waals surface area contributed by atoms with E-state index in [1.54, 1.807) is 12.1 Å². The first-order valence-corrected chi connectivity index (χ1v) is 6.69. The summed E-state index contributed by atoms with van der Waals surface area (Å²) in [4.78, 5) is 12.2. The molecule has 0 unspecified atom stereocenters. The summed E-state index contributed by atoms with van der Waals surface area (Å²) in [6.07, 6.45) is -1.59. The average molecular weight is 300 g/mol. The molecule has 7 heteroatoms. The fourth-order valence-electron chi connectivity index (χ4n) is 2.01. The van der Waals surface area contributed by atoms with Crippen molar-refractivity contribution in [1.29, 1.82) is 0 Å². The highest BCUT2D eigenvalue weighted by Crippen LogP contribution is 2.21. The predicted molar refractivity (Wildman–Crippen MR) is 73.5 cm³/mol. The molecule has 0 aromatic heterocycles. The van der Waals surface area contributed by atoms with Crippen LogP contribution in [0.25, 0.3) is 0 Å². The van der Waals surface area contributed by atoms with Gasteiger partial charge in [-0.1, -0.05) is 0 Å². The molecule has 116 valence electrons. The van der Waals surface area contributed by atoms with Crippen molar-refractivity contribution < 1.29 is 23.0 Å². The number of amides is 1. The van der Waals surface area contributed by atoms with Gasteiger partial charge in [-0.2, -0.15) is 0 Å². The van der Waals surface area contributed by atoms with Gasteiger partial charge in [-0.25, -0.2) is 8.78 Å². The van der Waals surface area contributed by atoms with Crippen LogP contribution in [0.3, 0.4) is 0 Å². The van der Waals surface area contributed by atoms with Crippen LogP contribution in [0, 0.1) is 0 Å². The topological polar surface area (TPSA) is 73.6 Å². The molecule has 1 aliphatic heterocycles. The van der Waals surface area contributed by atoms with E-state index < -0.39 is 18.6 Å². The predicted octanol–water partition coefficient (Wildman–Crippen LogP) is 1.78. The fraction of sp³-hybridized carbons (Fsp3) is 0.500. The van der Waals surface area contributed by atoms with Gasteiger partial charge in [0.2, 0.25) is 5.91 Å². The van der Waals surface area contributed by atoms with Gasteiger partial charge in [-0.15, -0.1) is 0 Å². The third kappa shape index (κ3) is 4.37. The molecular weight excluding hydrogens is 282 g/mol. The second-order valence-corrected chi connectivity index (χ2v) is 4.95. The van der Waals surface area contributed by atoms with Crippen molar-refractivity contribution in [2.45, 2.75) is 24.8 Å². The van der Waals surface area contributed by atoms with Gasteiger partial charge < -0.3 is 20.5 Å². The minimum atomic E-state index is -2.52. The lowest BCUT2D eigenvalue weighted by atomic mass is 9.90. The summed E-state index contributed by atoms with van der Waals surface area (Å²) in [5.74, 6) is 0.0499. The zero-order valence-corrected chi connectivity index (χ0v) is 11.5. The molecule has 0 spiro atoms. The van der Waals surface area contributed by atoms with Gasteiger partial charge in [0.1, 0.15) is 17.9 Å². The third-order valence-corrected chi connectivity index (χ3v) is 3.33. The van der Waals surface area contributed by atoms with Gasteiger partial charge in [0.25, 0.3) is 6.43 Å². The van der Waals surface area contributed by atoms with E-state index in [0.29, 0.717) is 37.5 Å². The molecule has 1 aromatic rings. The molecule has 1 fully saturated rings. The number of carbonyl (C=O) groups is 1. The molecule has 1 aromatic carbocycles. The molecular formula is C14H18F2N2O3. The molecule has 0 saturated carbocycles. The number of rotatable bonds is 5. The van der Waals surface area contributed by atoms with Gasteiger partial charge in [0.05, 0.1) is 0 Å². The van der Waals surface area contributed by atoms with Crippen LogP contribution in [0.4, 0.5) is 14.5 Å². The van der Waals surface area contributed by atoms with Crippen LogP contribution < -0.4 is 15.8 Å². The number of halogens is 2. The van der Waals surface area contributed by atoms with Crippen LogP contribution in [0.2, 0.25) is 0 Å². The lowest BCUT2D eigenvalue weighted by molar-refractivity contribution is -0.124. The van der Waals surface area contributed by atoms with Crippen molar-refractivity contribution >= 4 is 11.6 Å². The third-order valence-electron chi connectivity index (χ3n) is 3.33. The Morgan fingerprint density at radius 2 is 1.95 bits per heavy atom. The van der Waals surface area contributed by atoms with Gasteiger partial charge in [-0.05, 0) is 37.1 Å². The standard InChI is InChI=1S/C14H18F2N2O3/c15-12(16)9-21-11-3-1-10(2-4-11)18-13(19)14(17)5-7-20-8-6-14/h1-4,12H,5-9,17H2,(H,18,19). The lowest BCUT2D eigenvalue weighted by Gasteiger charge is -2.31. The molecule has 1 aliphatic rings. The molecule has 1 heterocycles. The van der Waals surface area contributed by atoms with Crippen LogP contribution >= 0.6 is 0 Å². The van der Waals surface area contributed by atoms with Gasteiger partial charge in [-0.3, -0.25) is 4.79 Å². The number of nitrogens with one attached hydrogen (secondary N) is 1. The van der Waals surface area contributed by atoms with Gasteiger partial charge in [0.15, 0.2) is 0 Å². The highest BCUT2D eigenvalue weighted by atomic mass is 19.3. The van der Waals surface area contributed by atoms with Crippen molar-refractivity contribution in [3.8, 4) is 5.75 Å². The Balaban J connectivity index is 1.92. The Morgan fingerprint density at radius 1 is 1.33 bits per heavy atom. The Morgan fingerprint density at radius 3 is 2.52 bits per heavy atom. The van der Waals surface area contributed by atoms with E-state index in [1.807, 2.05) is 0 Å². The smallest absolute Gasteiger partial charge is 0.272 e. The highest BCUT2D eigenvalue weighted by Gasteiger charge is 2.35.